The zero-order valence-electron chi connectivity index (χ0n) is 16.2. The molecule has 8 heteroatoms. The van der Waals surface area contributed by atoms with Gasteiger partial charge in [-0.15, -0.1) is 0 Å². The number of benzene rings is 1. The Kier molecular flexibility index (Phi) is 6.65. The van der Waals surface area contributed by atoms with Crippen molar-refractivity contribution in [3.8, 4) is 0 Å². The summed E-state index contributed by atoms with van der Waals surface area (Å²) in [5.74, 6) is -0.150. The Balaban J connectivity index is 2.07. The highest BCUT2D eigenvalue weighted by Gasteiger charge is 2.30. The highest BCUT2D eigenvalue weighted by Crippen LogP contribution is 2.11. The van der Waals surface area contributed by atoms with Gasteiger partial charge in [0.25, 0.3) is 0 Å². The molecule has 0 aliphatic carbocycles. The Morgan fingerprint density at radius 3 is 2.22 bits per heavy atom. The van der Waals surface area contributed by atoms with E-state index >= 15 is 0 Å². The lowest BCUT2D eigenvalue weighted by Crippen LogP contribution is -2.57. The average molecular weight is 375 g/mol. The van der Waals surface area contributed by atoms with Crippen molar-refractivity contribution in [2.75, 3.05) is 26.2 Å². The highest BCUT2D eigenvalue weighted by atomic mass is 16.6. The molecule has 0 radical (unpaired) electrons. The Hall–Kier alpha value is -2.77. The Morgan fingerprint density at radius 1 is 1.15 bits per heavy atom. The minimum absolute atomic E-state index is 0.00909. The van der Waals surface area contributed by atoms with Crippen LogP contribution in [0.5, 0.6) is 0 Å². The number of piperazine rings is 1. The normalized spacial score (nSPS) is 15.8. The quantitative estimate of drug-likeness (QED) is 0.540. The second kappa shape index (κ2) is 8.75. The molecule has 0 aromatic heterocycles. The van der Waals surface area contributed by atoms with E-state index in [-0.39, 0.29) is 11.9 Å². The third-order valence-corrected chi connectivity index (χ3v) is 4.20. The van der Waals surface area contributed by atoms with Gasteiger partial charge in [0.15, 0.2) is 5.96 Å². The summed E-state index contributed by atoms with van der Waals surface area (Å²) < 4.78 is 5.32. The van der Waals surface area contributed by atoms with Crippen molar-refractivity contribution in [3.63, 3.8) is 0 Å². The minimum Gasteiger partial charge on any atom is -0.444 e. The number of carbonyl (C=O) groups is 2. The number of nitrogens with zero attached hydrogens (tertiary/aromatic N) is 2. The van der Waals surface area contributed by atoms with Crippen molar-refractivity contribution in [3.05, 3.63) is 35.9 Å². The molecule has 1 saturated heterocycles. The summed E-state index contributed by atoms with van der Waals surface area (Å²) in [6.07, 6.45) is -0.231. The molecule has 2 rings (SSSR count). The van der Waals surface area contributed by atoms with E-state index in [1.54, 1.807) is 30.6 Å². The number of carbonyl (C=O) groups excluding carboxylic acids is 2. The summed E-state index contributed by atoms with van der Waals surface area (Å²) in [7, 11) is 0. The van der Waals surface area contributed by atoms with Crippen LogP contribution >= 0.6 is 0 Å². The zero-order chi connectivity index (χ0) is 20.0. The fourth-order valence-corrected chi connectivity index (χ4v) is 2.89. The summed E-state index contributed by atoms with van der Waals surface area (Å²) in [4.78, 5) is 28.7. The molecule has 1 fully saturated rings. The van der Waals surface area contributed by atoms with E-state index in [1.165, 1.54) is 0 Å². The monoisotopic (exact) mass is 375 g/mol. The molecule has 4 N–H and O–H groups in total. The molecule has 1 unspecified atom stereocenters. The van der Waals surface area contributed by atoms with Crippen molar-refractivity contribution < 1.29 is 14.3 Å². The lowest BCUT2D eigenvalue weighted by Gasteiger charge is -2.36. The maximum absolute atomic E-state index is 13.0. The van der Waals surface area contributed by atoms with Crippen LogP contribution in [0.15, 0.2) is 30.3 Å². The first-order chi connectivity index (χ1) is 12.7. The van der Waals surface area contributed by atoms with Gasteiger partial charge < -0.3 is 25.6 Å². The van der Waals surface area contributed by atoms with E-state index in [0.717, 1.165) is 5.56 Å². The molecule has 0 spiro atoms. The lowest BCUT2D eigenvalue weighted by molar-refractivity contribution is -0.134. The maximum Gasteiger partial charge on any atom is 0.408 e. The molecule has 0 bridgehead atoms. The second-order valence-corrected chi connectivity index (χ2v) is 7.59. The zero-order valence-corrected chi connectivity index (χ0v) is 16.2. The fourth-order valence-electron chi connectivity index (χ4n) is 2.89. The molecule has 1 aliphatic rings. The number of rotatable bonds is 4. The van der Waals surface area contributed by atoms with Gasteiger partial charge in [-0.2, -0.15) is 0 Å². The van der Waals surface area contributed by atoms with Gasteiger partial charge in [0, 0.05) is 32.6 Å². The molecular formula is C19H29N5O3. The second-order valence-electron chi connectivity index (χ2n) is 7.59. The molecule has 2 amide bonds. The maximum atomic E-state index is 13.0. The predicted molar refractivity (Wildman–Crippen MR) is 103 cm³/mol. The van der Waals surface area contributed by atoms with E-state index in [4.69, 9.17) is 15.9 Å². The van der Waals surface area contributed by atoms with Crippen LogP contribution in [0.2, 0.25) is 0 Å². The summed E-state index contributed by atoms with van der Waals surface area (Å²) in [5, 5.41) is 10.2. The highest BCUT2D eigenvalue weighted by molar-refractivity contribution is 5.86. The van der Waals surface area contributed by atoms with Gasteiger partial charge in [-0.3, -0.25) is 10.2 Å². The number of hydrogen-bond acceptors (Lipinski definition) is 4. The van der Waals surface area contributed by atoms with E-state index in [9.17, 15) is 9.59 Å². The van der Waals surface area contributed by atoms with Gasteiger partial charge in [-0.1, -0.05) is 30.3 Å². The van der Waals surface area contributed by atoms with Crippen LogP contribution in [0.1, 0.15) is 26.3 Å². The SMILES string of the molecule is CC(C)(C)OC(=O)NC(Cc1ccccc1)C(=O)N1CCN(C(=N)N)CC1. The van der Waals surface area contributed by atoms with E-state index in [2.05, 4.69) is 5.32 Å². The van der Waals surface area contributed by atoms with E-state index < -0.39 is 17.7 Å². The van der Waals surface area contributed by atoms with Crippen molar-refractivity contribution >= 4 is 18.0 Å². The van der Waals surface area contributed by atoms with E-state index in [1.807, 2.05) is 30.3 Å². The summed E-state index contributed by atoms with van der Waals surface area (Å²) in [5.41, 5.74) is 5.82. The molecule has 8 nitrogen and oxygen atoms in total. The summed E-state index contributed by atoms with van der Waals surface area (Å²) in [6, 6.07) is 8.83. The first kappa shape index (κ1) is 20.5. The van der Waals surface area contributed by atoms with Gasteiger partial charge >= 0.3 is 6.09 Å². The lowest BCUT2D eigenvalue weighted by atomic mass is 10.0. The average Bonchev–Trinajstić information content (AvgIpc) is 2.60. The molecule has 0 saturated carbocycles. The van der Waals surface area contributed by atoms with E-state index in [0.29, 0.717) is 32.6 Å². The largest absolute Gasteiger partial charge is 0.444 e. The van der Waals surface area contributed by atoms with Crippen LogP contribution in [0.25, 0.3) is 0 Å². The molecule has 1 atom stereocenters. The molecule has 27 heavy (non-hydrogen) atoms. The number of guanidine groups is 1. The molecule has 1 aromatic rings. The van der Waals surface area contributed by atoms with Crippen LogP contribution in [0, 0.1) is 5.41 Å². The van der Waals surface area contributed by atoms with Crippen molar-refractivity contribution in [2.24, 2.45) is 5.73 Å². The third-order valence-electron chi connectivity index (χ3n) is 4.20. The smallest absolute Gasteiger partial charge is 0.408 e. The molecule has 1 aliphatic heterocycles. The number of nitrogens with two attached hydrogens (primary N) is 1. The molecular weight excluding hydrogens is 346 g/mol. The number of amides is 2. The van der Waals surface area contributed by atoms with Crippen LogP contribution in [0.4, 0.5) is 4.79 Å². The van der Waals surface area contributed by atoms with Crippen LogP contribution in [-0.4, -0.2) is 65.6 Å². The topological polar surface area (TPSA) is 112 Å². The fraction of sp³-hybridized carbons (Fsp3) is 0.526. The number of nitrogens with one attached hydrogen (secondary N) is 2. The van der Waals surface area contributed by atoms with Crippen LogP contribution in [0.3, 0.4) is 0 Å². The minimum atomic E-state index is -0.717. The van der Waals surface area contributed by atoms with Gasteiger partial charge in [-0.05, 0) is 26.3 Å². The van der Waals surface area contributed by atoms with Crippen LogP contribution < -0.4 is 11.1 Å². The molecule has 1 heterocycles. The van der Waals surface area contributed by atoms with Gasteiger partial charge in [-0.25, -0.2) is 4.79 Å². The van der Waals surface area contributed by atoms with Crippen molar-refractivity contribution in [2.45, 2.75) is 38.8 Å². The molecule has 148 valence electrons. The van der Waals surface area contributed by atoms with Crippen molar-refractivity contribution in [1.29, 1.82) is 5.41 Å². The van der Waals surface area contributed by atoms with Gasteiger partial charge in [0.1, 0.15) is 11.6 Å². The van der Waals surface area contributed by atoms with Gasteiger partial charge in [0.2, 0.25) is 5.91 Å². The Labute approximate surface area is 160 Å². The number of ether oxygens (including phenoxy) is 1. The van der Waals surface area contributed by atoms with Crippen molar-refractivity contribution in [1.82, 2.24) is 15.1 Å². The predicted octanol–water partition coefficient (Wildman–Crippen LogP) is 1.16. The van der Waals surface area contributed by atoms with Crippen LogP contribution in [-0.2, 0) is 16.0 Å². The molecule has 1 aromatic carbocycles. The standard InChI is InChI=1S/C19H29N5O3/c1-19(2,3)27-18(26)22-15(13-14-7-5-4-6-8-14)16(25)23-9-11-24(12-10-23)17(20)21/h4-8,15H,9-13H2,1-3H3,(H3,20,21)(H,22,26). The number of alkyl carbamates (subject to hydrolysis) is 1. The summed E-state index contributed by atoms with van der Waals surface area (Å²) >= 11 is 0. The Bertz CT molecular complexity index is 664. The Morgan fingerprint density at radius 2 is 1.70 bits per heavy atom. The first-order valence-corrected chi connectivity index (χ1v) is 9.07. The first-order valence-electron chi connectivity index (χ1n) is 9.07. The third kappa shape index (κ3) is 6.47. The number of hydrogen-bond donors (Lipinski definition) is 3. The summed E-state index contributed by atoms with van der Waals surface area (Å²) in [6.45, 7) is 7.27. The van der Waals surface area contributed by atoms with Gasteiger partial charge in [0.05, 0.1) is 0 Å².